The Labute approximate surface area is 243 Å². The Balaban J connectivity index is 1.13. The van der Waals surface area contributed by atoms with Crippen LogP contribution in [0.15, 0.2) is 65.4 Å². The molecule has 0 saturated carbocycles. The first-order chi connectivity index (χ1) is 19.7. The van der Waals surface area contributed by atoms with Gasteiger partial charge in [0.25, 0.3) is 0 Å². The van der Waals surface area contributed by atoms with E-state index in [9.17, 15) is 0 Å². The Morgan fingerprint density at radius 2 is 1.95 bits per heavy atom. The lowest BCUT2D eigenvalue weighted by atomic mass is 9.87. The number of fused-ring (bicyclic) bond motifs is 1. The average molecular weight is 569 g/mol. The SMILES string of the molecule is COCCCN1CCOc2ccc(CO[C@H]3CNCC[C@@H]3c3ccc(OCCOC4=CC(Cl)=CCC4)cc3)cc21. The summed E-state index contributed by atoms with van der Waals surface area (Å²) in [5.41, 5.74) is 3.60. The number of anilines is 1. The normalized spacial score (nSPS) is 20.7. The van der Waals surface area contributed by atoms with Gasteiger partial charge in [-0.25, -0.2) is 0 Å². The quantitative estimate of drug-likeness (QED) is 0.307. The van der Waals surface area contributed by atoms with Gasteiger partial charge in [0.05, 0.1) is 30.7 Å². The van der Waals surface area contributed by atoms with E-state index in [2.05, 4.69) is 52.7 Å². The zero-order valence-corrected chi connectivity index (χ0v) is 24.2. The summed E-state index contributed by atoms with van der Waals surface area (Å²) in [5, 5.41) is 4.26. The molecule has 0 spiro atoms. The van der Waals surface area contributed by atoms with Crippen LogP contribution < -0.4 is 19.7 Å². The molecule has 0 aromatic heterocycles. The Morgan fingerprint density at radius 3 is 2.80 bits per heavy atom. The molecule has 40 heavy (non-hydrogen) atoms. The summed E-state index contributed by atoms with van der Waals surface area (Å²) in [6.07, 6.45) is 7.83. The van der Waals surface area contributed by atoms with Gasteiger partial charge in [0, 0.05) is 44.2 Å². The minimum absolute atomic E-state index is 0.101. The second kappa shape index (κ2) is 14.8. The highest BCUT2D eigenvalue weighted by Gasteiger charge is 2.27. The lowest BCUT2D eigenvalue weighted by Gasteiger charge is -2.33. The molecule has 1 N–H and O–H groups in total. The van der Waals surface area contributed by atoms with Crippen molar-refractivity contribution >= 4 is 17.3 Å². The number of hydrogen-bond acceptors (Lipinski definition) is 7. The van der Waals surface area contributed by atoms with Crippen molar-refractivity contribution in [2.75, 3.05) is 64.6 Å². The molecule has 216 valence electrons. The third kappa shape index (κ3) is 7.94. The highest BCUT2D eigenvalue weighted by Crippen LogP contribution is 2.34. The lowest BCUT2D eigenvalue weighted by molar-refractivity contribution is 0.0106. The number of rotatable bonds is 13. The minimum Gasteiger partial charge on any atom is -0.494 e. The van der Waals surface area contributed by atoms with E-state index in [-0.39, 0.29) is 6.10 Å². The summed E-state index contributed by atoms with van der Waals surface area (Å²) in [5.74, 6) is 3.06. The van der Waals surface area contributed by atoms with Crippen molar-refractivity contribution in [3.63, 3.8) is 0 Å². The Morgan fingerprint density at radius 1 is 1.07 bits per heavy atom. The Bertz CT molecular complexity index is 1150. The summed E-state index contributed by atoms with van der Waals surface area (Å²) in [7, 11) is 1.75. The van der Waals surface area contributed by atoms with Gasteiger partial charge in [-0.2, -0.15) is 0 Å². The van der Waals surface area contributed by atoms with Crippen LogP contribution >= 0.6 is 11.6 Å². The summed E-state index contributed by atoms with van der Waals surface area (Å²) in [6.45, 7) is 6.73. The monoisotopic (exact) mass is 568 g/mol. The molecule has 1 saturated heterocycles. The molecular formula is C32H41ClN2O5. The largest absolute Gasteiger partial charge is 0.494 e. The first-order valence-corrected chi connectivity index (χ1v) is 14.8. The predicted octanol–water partition coefficient (Wildman–Crippen LogP) is 5.78. The number of piperidine rings is 1. The first-order valence-electron chi connectivity index (χ1n) is 14.4. The van der Waals surface area contributed by atoms with Crippen LogP contribution in [0, 0.1) is 0 Å². The van der Waals surface area contributed by atoms with Crippen molar-refractivity contribution in [1.29, 1.82) is 0 Å². The number of halogens is 1. The zero-order valence-electron chi connectivity index (χ0n) is 23.4. The van der Waals surface area contributed by atoms with Gasteiger partial charge >= 0.3 is 0 Å². The fourth-order valence-electron chi connectivity index (χ4n) is 5.52. The molecule has 5 rings (SSSR count). The number of ether oxygens (including phenoxy) is 5. The van der Waals surface area contributed by atoms with Crippen molar-refractivity contribution in [2.24, 2.45) is 0 Å². The second-order valence-corrected chi connectivity index (χ2v) is 10.9. The number of hydrogen-bond donors (Lipinski definition) is 1. The molecule has 8 heteroatoms. The topological polar surface area (TPSA) is 61.4 Å². The maximum absolute atomic E-state index is 6.53. The second-order valence-electron chi connectivity index (χ2n) is 10.4. The van der Waals surface area contributed by atoms with E-state index in [0.29, 0.717) is 32.3 Å². The third-order valence-corrected chi connectivity index (χ3v) is 7.89. The molecule has 2 aromatic carbocycles. The molecule has 1 fully saturated rings. The van der Waals surface area contributed by atoms with Gasteiger partial charge in [0.2, 0.25) is 0 Å². The van der Waals surface area contributed by atoms with Crippen LogP contribution in [0.5, 0.6) is 11.5 Å². The molecule has 0 bridgehead atoms. The first kappa shape index (κ1) is 28.8. The molecule has 1 aliphatic carbocycles. The smallest absolute Gasteiger partial charge is 0.142 e. The fourth-order valence-corrected chi connectivity index (χ4v) is 5.76. The van der Waals surface area contributed by atoms with Crippen molar-refractivity contribution in [1.82, 2.24) is 5.32 Å². The van der Waals surface area contributed by atoms with Crippen molar-refractivity contribution in [2.45, 2.75) is 44.3 Å². The fraction of sp³-hybridized carbons (Fsp3) is 0.500. The maximum atomic E-state index is 6.53. The summed E-state index contributed by atoms with van der Waals surface area (Å²) in [4.78, 5) is 2.39. The van der Waals surface area contributed by atoms with E-state index < -0.39 is 0 Å². The van der Waals surface area contributed by atoms with Gasteiger partial charge in [0.1, 0.15) is 31.3 Å². The number of nitrogens with zero attached hydrogens (tertiary/aromatic N) is 1. The van der Waals surface area contributed by atoms with Gasteiger partial charge in [-0.05, 0) is 67.3 Å². The molecule has 2 aliphatic heterocycles. The Hall–Kier alpha value is -2.71. The molecule has 2 heterocycles. The van der Waals surface area contributed by atoms with E-state index in [1.807, 2.05) is 12.2 Å². The molecule has 2 atom stereocenters. The number of benzene rings is 2. The van der Waals surface area contributed by atoms with E-state index in [1.165, 1.54) is 11.1 Å². The van der Waals surface area contributed by atoms with Gasteiger partial charge in [0.15, 0.2) is 0 Å². The van der Waals surface area contributed by atoms with Gasteiger partial charge in [-0.1, -0.05) is 35.9 Å². The average Bonchev–Trinajstić information content (AvgIpc) is 2.99. The minimum atomic E-state index is 0.101. The number of allylic oxidation sites excluding steroid dienone is 4. The third-order valence-electron chi connectivity index (χ3n) is 7.63. The lowest BCUT2D eigenvalue weighted by Crippen LogP contribution is -2.41. The van der Waals surface area contributed by atoms with Gasteiger partial charge in [-0.15, -0.1) is 0 Å². The van der Waals surface area contributed by atoms with E-state index >= 15 is 0 Å². The van der Waals surface area contributed by atoms with Gasteiger partial charge in [-0.3, -0.25) is 0 Å². The molecule has 7 nitrogen and oxygen atoms in total. The van der Waals surface area contributed by atoms with Crippen LogP contribution in [0.25, 0.3) is 0 Å². The predicted molar refractivity (Wildman–Crippen MR) is 159 cm³/mol. The van der Waals surface area contributed by atoms with Crippen LogP contribution in [-0.4, -0.2) is 65.8 Å². The summed E-state index contributed by atoms with van der Waals surface area (Å²) >= 11 is 6.06. The van der Waals surface area contributed by atoms with Crippen molar-refractivity contribution < 1.29 is 23.7 Å². The molecule has 2 aromatic rings. The van der Waals surface area contributed by atoms with Crippen molar-refractivity contribution in [3.8, 4) is 11.5 Å². The molecule has 0 amide bonds. The molecule has 3 aliphatic rings. The maximum Gasteiger partial charge on any atom is 0.142 e. The van der Waals surface area contributed by atoms with Gasteiger partial charge < -0.3 is 33.9 Å². The van der Waals surface area contributed by atoms with Crippen LogP contribution in [0.3, 0.4) is 0 Å². The van der Waals surface area contributed by atoms with Crippen LogP contribution in [-0.2, 0) is 20.8 Å². The summed E-state index contributed by atoms with van der Waals surface area (Å²) in [6, 6.07) is 14.9. The van der Waals surface area contributed by atoms with E-state index in [0.717, 1.165) is 86.4 Å². The highest BCUT2D eigenvalue weighted by atomic mass is 35.5. The van der Waals surface area contributed by atoms with E-state index in [1.54, 1.807) is 7.11 Å². The molecule has 0 unspecified atom stereocenters. The standard InChI is InChI=1S/C32H41ClN2O5/c1-36-16-3-14-35-15-17-39-31-11-6-24(20-30(31)35)23-40-32-22-34-13-12-29(32)25-7-9-27(10-8-25)37-18-19-38-28-5-2-4-26(33)21-28/h4,6-11,20-21,29,32,34H,2-3,5,12-19,22-23H2,1H3/t29-,32+/m1/s1. The van der Waals surface area contributed by atoms with Crippen molar-refractivity contribution in [3.05, 3.63) is 76.5 Å². The van der Waals surface area contributed by atoms with Crippen LogP contribution in [0.2, 0.25) is 0 Å². The highest BCUT2D eigenvalue weighted by molar-refractivity contribution is 6.31. The zero-order chi connectivity index (χ0) is 27.6. The van der Waals surface area contributed by atoms with Crippen LogP contribution in [0.1, 0.15) is 42.7 Å². The summed E-state index contributed by atoms with van der Waals surface area (Å²) < 4.78 is 29.4. The van der Waals surface area contributed by atoms with E-state index in [4.69, 9.17) is 35.3 Å². The number of nitrogens with one attached hydrogen (secondary N) is 1. The molecular weight excluding hydrogens is 528 g/mol. The number of methoxy groups -OCH3 is 1. The Kier molecular flexibility index (Phi) is 10.6. The molecule has 0 radical (unpaired) electrons. The van der Waals surface area contributed by atoms with Crippen LogP contribution in [0.4, 0.5) is 5.69 Å².